The van der Waals surface area contributed by atoms with Crippen LogP contribution in [0.3, 0.4) is 0 Å². The maximum atomic E-state index is 9.54. The molecule has 2 heteroatoms. The molecule has 0 unspecified atom stereocenters. The molecule has 0 fully saturated rings. The molecule has 0 amide bonds. The molecule has 0 aliphatic carbocycles. The van der Waals surface area contributed by atoms with Gasteiger partial charge in [-0.3, -0.25) is 0 Å². The molecule has 0 radical (unpaired) electrons. The summed E-state index contributed by atoms with van der Waals surface area (Å²) in [7, 11) is 0. The summed E-state index contributed by atoms with van der Waals surface area (Å²) < 4.78 is 0. The Bertz CT molecular complexity index is 58.6. The van der Waals surface area contributed by atoms with E-state index < -0.39 is 0 Å². The average molecular weight is 86.1 g/mol. The summed E-state index contributed by atoms with van der Waals surface area (Å²) in [6.45, 7) is 3.52. The molecule has 6 heavy (non-hydrogen) atoms. The SMILES string of the molecule is CC=C(C)N[O-]. The minimum atomic E-state index is 0.662. The maximum absolute atomic E-state index is 9.54. The van der Waals surface area contributed by atoms with Crippen LogP contribution in [-0.4, -0.2) is 0 Å². The third kappa shape index (κ3) is 1.79. The molecule has 0 saturated heterocycles. The minimum Gasteiger partial charge on any atom is -0.761 e. The fraction of sp³-hybridized carbons (Fsp3) is 0.500. The molecule has 0 bridgehead atoms. The number of rotatable bonds is 1. The first-order valence-corrected chi connectivity index (χ1v) is 1.82. The zero-order valence-corrected chi connectivity index (χ0v) is 3.99. The van der Waals surface area contributed by atoms with Gasteiger partial charge >= 0.3 is 0 Å². The van der Waals surface area contributed by atoms with Crippen LogP contribution in [0.4, 0.5) is 0 Å². The normalized spacial score (nSPS) is 11.5. The van der Waals surface area contributed by atoms with Crippen molar-refractivity contribution in [1.82, 2.24) is 5.48 Å². The second-order valence-corrected chi connectivity index (χ2v) is 1.07. The van der Waals surface area contributed by atoms with Crippen LogP contribution < -0.4 is 5.48 Å². The van der Waals surface area contributed by atoms with Gasteiger partial charge in [0.25, 0.3) is 0 Å². The Morgan fingerprint density at radius 3 is 2.33 bits per heavy atom. The van der Waals surface area contributed by atoms with Gasteiger partial charge in [0.2, 0.25) is 0 Å². The van der Waals surface area contributed by atoms with Crippen molar-refractivity contribution in [3.05, 3.63) is 17.0 Å². The second-order valence-electron chi connectivity index (χ2n) is 1.07. The second kappa shape index (κ2) is 2.72. The monoisotopic (exact) mass is 86.1 g/mol. The molecule has 0 aromatic heterocycles. The molecule has 0 aromatic carbocycles. The number of hydrogen-bond donors (Lipinski definition) is 1. The van der Waals surface area contributed by atoms with Gasteiger partial charge in [0.15, 0.2) is 0 Å². The highest BCUT2D eigenvalue weighted by molar-refractivity contribution is 4.92. The molecular weight excluding hydrogens is 78.0 g/mol. The highest BCUT2D eigenvalue weighted by Gasteiger charge is 1.64. The Morgan fingerprint density at radius 2 is 2.33 bits per heavy atom. The zero-order chi connectivity index (χ0) is 4.99. The van der Waals surface area contributed by atoms with Gasteiger partial charge in [0.05, 0.1) is 0 Å². The third-order valence-electron chi connectivity index (χ3n) is 0.594. The van der Waals surface area contributed by atoms with E-state index in [1.807, 2.05) is 0 Å². The molecule has 0 saturated carbocycles. The summed E-state index contributed by atoms with van der Waals surface area (Å²) >= 11 is 0. The first-order chi connectivity index (χ1) is 2.81. The van der Waals surface area contributed by atoms with Crippen LogP contribution in [0.5, 0.6) is 0 Å². The van der Waals surface area contributed by atoms with Crippen LogP contribution in [0.15, 0.2) is 11.8 Å². The summed E-state index contributed by atoms with van der Waals surface area (Å²) in [5, 5.41) is 9.54. The van der Waals surface area contributed by atoms with Crippen LogP contribution >= 0.6 is 0 Å². The fourth-order valence-electron chi connectivity index (χ4n) is 0.0589. The standard InChI is InChI=1S/C4H8NO/c1-3-4(2)5-6/h3,5H,1-2H3/q-1. The van der Waals surface area contributed by atoms with Crippen molar-refractivity contribution >= 4 is 0 Å². The Kier molecular flexibility index (Phi) is 2.50. The van der Waals surface area contributed by atoms with E-state index in [0.717, 1.165) is 0 Å². The average Bonchev–Trinajstić information content (AvgIpc) is 1.65. The number of nitrogens with one attached hydrogen (secondary N) is 1. The van der Waals surface area contributed by atoms with Crippen molar-refractivity contribution in [3.8, 4) is 0 Å². The van der Waals surface area contributed by atoms with E-state index in [2.05, 4.69) is 0 Å². The smallest absolute Gasteiger partial charge is 0.00753 e. The van der Waals surface area contributed by atoms with E-state index in [1.54, 1.807) is 25.4 Å². The lowest BCUT2D eigenvalue weighted by molar-refractivity contribution is 1.06. The fourth-order valence-corrected chi connectivity index (χ4v) is 0.0589. The number of hydroxylamine groups is 1. The molecule has 1 N–H and O–H groups in total. The topological polar surface area (TPSA) is 35.1 Å². The van der Waals surface area contributed by atoms with Gasteiger partial charge in [-0.05, 0) is 19.5 Å². The van der Waals surface area contributed by atoms with Crippen molar-refractivity contribution in [1.29, 1.82) is 0 Å². The van der Waals surface area contributed by atoms with Gasteiger partial charge < -0.3 is 10.7 Å². The van der Waals surface area contributed by atoms with Gasteiger partial charge in [0.1, 0.15) is 0 Å². The van der Waals surface area contributed by atoms with Gasteiger partial charge in [-0.1, -0.05) is 6.08 Å². The zero-order valence-electron chi connectivity index (χ0n) is 3.99. The predicted octanol–water partition coefficient (Wildman–Crippen LogP) is 0.998. The first-order valence-electron chi connectivity index (χ1n) is 1.82. The van der Waals surface area contributed by atoms with Crippen molar-refractivity contribution in [3.63, 3.8) is 0 Å². The van der Waals surface area contributed by atoms with E-state index in [4.69, 9.17) is 0 Å². The van der Waals surface area contributed by atoms with Crippen molar-refractivity contribution in [2.75, 3.05) is 0 Å². The van der Waals surface area contributed by atoms with Gasteiger partial charge in [-0.15, -0.1) is 0 Å². The van der Waals surface area contributed by atoms with Gasteiger partial charge in [0, 0.05) is 0 Å². The molecule has 0 atom stereocenters. The third-order valence-corrected chi connectivity index (χ3v) is 0.594. The quantitative estimate of drug-likeness (QED) is 0.483. The maximum Gasteiger partial charge on any atom is -0.00753 e. The summed E-state index contributed by atoms with van der Waals surface area (Å²) in [6.07, 6.45) is 1.72. The molecular formula is C4H8NO-. The largest absolute Gasteiger partial charge is 0.761 e. The van der Waals surface area contributed by atoms with Crippen LogP contribution in [0, 0.1) is 5.21 Å². The minimum absolute atomic E-state index is 0.662. The summed E-state index contributed by atoms with van der Waals surface area (Å²) in [6, 6.07) is 0. The summed E-state index contributed by atoms with van der Waals surface area (Å²) in [5.41, 5.74) is 2.39. The van der Waals surface area contributed by atoms with Crippen LogP contribution in [0.2, 0.25) is 0 Å². The molecule has 36 valence electrons. The van der Waals surface area contributed by atoms with E-state index in [9.17, 15) is 5.21 Å². The summed E-state index contributed by atoms with van der Waals surface area (Å²) in [4.78, 5) is 0. The molecule has 0 heterocycles. The van der Waals surface area contributed by atoms with Crippen molar-refractivity contribution in [2.45, 2.75) is 13.8 Å². The summed E-state index contributed by atoms with van der Waals surface area (Å²) in [5.74, 6) is 0. The Hall–Kier alpha value is -0.500. The molecule has 0 rings (SSSR count). The lowest BCUT2D eigenvalue weighted by Gasteiger charge is -2.06. The molecule has 0 aliphatic heterocycles. The molecule has 2 nitrogen and oxygen atoms in total. The van der Waals surface area contributed by atoms with E-state index in [1.165, 1.54) is 0 Å². The number of allylic oxidation sites excluding steroid dienone is 2. The van der Waals surface area contributed by atoms with Gasteiger partial charge in [-0.2, -0.15) is 0 Å². The van der Waals surface area contributed by atoms with Crippen LogP contribution in [0.1, 0.15) is 13.8 Å². The van der Waals surface area contributed by atoms with E-state index in [-0.39, 0.29) is 0 Å². The first kappa shape index (κ1) is 5.50. The lowest BCUT2D eigenvalue weighted by Crippen LogP contribution is -1.96. The highest BCUT2D eigenvalue weighted by Crippen LogP contribution is 1.78. The van der Waals surface area contributed by atoms with Crippen LogP contribution in [-0.2, 0) is 0 Å². The molecule has 0 aliphatic rings. The molecule has 0 aromatic rings. The Morgan fingerprint density at radius 1 is 1.83 bits per heavy atom. The highest BCUT2D eigenvalue weighted by atomic mass is 16.5. The Balaban J connectivity index is 3.22. The predicted molar refractivity (Wildman–Crippen MR) is 25.9 cm³/mol. The van der Waals surface area contributed by atoms with E-state index in [0.29, 0.717) is 5.70 Å². The van der Waals surface area contributed by atoms with Crippen molar-refractivity contribution in [2.24, 2.45) is 0 Å². The molecule has 0 spiro atoms. The van der Waals surface area contributed by atoms with E-state index >= 15 is 0 Å². The van der Waals surface area contributed by atoms with Crippen molar-refractivity contribution < 1.29 is 0 Å². The Labute approximate surface area is 37.4 Å². The lowest BCUT2D eigenvalue weighted by atomic mass is 10.5. The van der Waals surface area contributed by atoms with Crippen LogP contribution in [0.25, 0.3) is 0 Å². The van der Waals surface area contributed by atoms with Gasteiger partial charge in [-0.25, -0.2) is 0 Å². The number of hydrogen-bond acceptors (Lipinski definition) is 2.